The predicted molar refractivity (Wildman–Crippen MR) is 115 cm³/mol. The summed E-state index contributed by atoms with van der Waals surface area (Å²) in [5, 5.41) is 8.99. The molecule has 7 nitrogen and oxygen atoms in total. The fourth-order valence-corrected chi connectivity index (χ4v) is 3.68. The Morgan fingerprint density at radius 1 is 1.10 bits per heavy atom. The van der Waals surface area contributed by atoms with E-state index in [0.29, 0.717) is 22.1 Å². The number of ether oxygens (including phenoxy) is 1. The number of carbonyl (C=O) groups is 1. The van der Waals surface area contributed by atoms with Crippen LogP contribution in [0.4, 0.5) is 0 Å². The van der Waals surface area contributed by atoms with Crippen LogP contribution in [0.25, 0.3) is 11.0 Å². The van der Waals surface area contributed by atoms with E-state index in [9.17, 15) is 9.59 Å². The van der Waals surface area contributed by atoms with E-state index in [1.807, 2.05) is 25.1 Å². The quantitative estimate of drug-likeness (QED) is 0.208. The average molecular weight is 487 g/mol. The van der Waals surface area contributed by atoms with Crippen molar-refractivity contribution in [2.75, 3.05) is 5.75 Å². The van der Waals surface area contributed by atoms with Gasteiger partial charge in [0.1, 0.15) is 11.3 Å². The fourth-order valence-electron chi connectivity index (χ4n) is 2.74. The fraction of sp³-hybridized carbons (Fsp3) is 0.143. The van der Waals surface area contributed by atoms with Crippen LogP contribution in [-0.2, 0) is 6.61 Å². The number of benzene rings is 2. The lowest BCUT2D eigenvalue weighted by molar-refractivity contribution is 0.102. The van der Waals surface area contributed by atoms with E-state index < -0.39 is 5.63 Å². The molecule has 152 valence electrons. The number of ketones is 1. The van der Waals surface area contributed by atoms with Crippen molar-refractivity contribution in [2.45, 2.75) is 18.8 Å². The van der Waals surface area contributed by atoms with Crippen molar-refractivity contribution in [3.63, 3.8) is 0 Å². The second kappa shape index (κ2) is 8.85. The molecule has 2 aromatic heterocycles. The molecule has 0 aliphatic carbocycles. The van der Waals surface area contributed by atoms with Crippen LogP contribution in [0.1, 0.15) is 21.8 Å². The number of nitrogens with zero attached hydrogens (tertiary/aromatic N) is 2. The Kier molecular flexibility index (Phi) is 6.01. The van der Waals surface area contributed by atoms with Crippen LogP contribution in [0.5, 0.6) is 5.75 Å². The van der Waals surface area contributed by atoms with Crippen LogP contribution in [0.15, 0.2) is 71.9 Å². The normalized spacial score (nSPS) is 11.0. The third-order valence-corrected chi connectivity index (χ3v) is 5.57. The van der Waals surface area contributed by atoms with Crippen LogP contribution in [0, 0.1) is 6.92 Å². The van der Waals surface area contributed by atoms with E-state index in [-0.39, 0.29) is 24.0 Å². The van der Waals surface area contributed by atoms with Crippen molar-refractivity contribution in [1.29, 1.82) is 0 Å². The van der Waals surface area contributed by atoms with Gasteiger partial charge in [-0.2, -0.15) is 0 Å². The van der Waals surface area contributed by atoms with Gasteiger partial charge in [0.2, 0.25) is 0 Å². The molecule has 0 fully saturated rings. The number of halogens is 1. The van der Waals surface area contributed by atoms with Crippen LogP contribution < -0.4 is 10.4 Å². The molecule has 30 heavy (non-hydrogen) atoms. The smallest absolute Gasteiger partial charge is 0.336 e. The molecule has 0 spiro atoms. The third kappa shape index (κ3) is 4.80. The average Bonchev–Trinajstić information content (AvgIpc) is 3.18. The Morgan fingerprint density at radius 2 is 1.90 bits per heavy atom. The van der Waals surface area contributed by atoms with E-state index >= 15 is 0 Å². The molecular formula is C21H15BrN2O5S. The number of aryl methyl sites for hydroxylation is 1. The maximum absolute atomic E-state index is 12.2. The van der Waals surface area contributed by atoms with Gasteiger partial charge in [-0.15, -0.1) is 10.2 Å². The Bertz CT molecular complexity index is 1270. The number of hydrogen-bond donors (Lipinski definition) is 0. The minimum atomic E-state index is -0.409. The first-order chi connectivity index (χ1) is 14.5. The summed E-state index contributed by atoms with van der Waals surface area (Å²) in [4.78, 5) is 23.8. The molecule has 2 heterocycles. The van der Waals surface area contributed by atoms with E-state index in [2.05, 4.69) is 26.1 Å². The summed E-state index contributed by atoms with van der Waals surface area (Å²) in [5.74, 6) is 0.942. The maximum Gasteiger partial charge on any atom is 0.336 e. The van der Waals surface area contributed by atoms with Gasteiger partial charge in [-0.1, -0.05) is 39.8 Å². The van der Waals surface area contributed by atoms with Crippen molar-refractivity contribution in [3.8, 4) is 5.75 Å². The summed E-state index contributed by atoms with van der Waals surface area (Å²) >= 11 is 4.51. The van der Waals surface area contributed by atoms with Crippen LogP contribution >= 0.6 is 27.7 Å². The zero-order valence-corrected chi connectivity index (χ0v) is 18.2. The molecule has 4 rings (SSSR count). The molecule has 0 amide bonds. The molecular weight excluding hydrogens is 472 g/mol. The van der Waals surface area contributed by atoms with E-state index in [1.54, 1.807) is 24.3 Å². The molecule has 0 atom stereocenters. The number of Topliss-reactive ketones (excluding diaryl/α,β-unsaturated/α-hetero) is 1. The summed E-state index contributed by atoms with van der Waals surface area (Å²) in [5.41, 5.74) is 1.50. The monoisotopic (exact) mass is 486 g/mol. The Labute approximate surface area is 183 Å². The first-order valence-corrected chi connectivity index (χ1v) is 10.7. The summed E-state index contributed by atoms with van der Waals surface area (Å²) in [6.45, 7) is 1.90. The minimum absolute atomic E-state index is 0.0311. The number of hydrogen-bond acceptors (Lipinski definition) is 8. The molecule has 0 saturated heterocycles. The topological polar surface area (TPSA) is 95.4 Å². The molecule has 0 unspecified atom stereocenters. The van der Waals surface area contributed by atoms with Crippen molar-refractivity contribution < 1.29 is 18.4 Å². The van der Waals surface area contributed by atoms with E-state index in [4.69, 9.17) is 13.6 Å². The lowest BCUT2D eigenvalue weighted by Crippen LogP contribution is -2.01. The summed E-state index contributed by atoms with van der Waals surface area (Å²) in [6, 6.07) is 13.8. The van der Waals surface area contributed by atoms with Gasteiger partial charge < -0.3 is 13.6 Å². The van der Waals surface area contributed by atoms with Gasteiger partial charge in [-0.05, 0) is 36.8 Å². The first-order valence-electron chi connectivity index (χ1n) is 8.89. The minimum Gasteiger partial charge on any atom is -0.484 e. The molecule has 0 saturated carbocycles. The molecule has 4 aromatic rings. The van der Waals surface area contributed by atoms with Gasteiger partial charge in [0.25, 0.3) is 11.1 Å². The van der Waals surface area contributed by atoms with E-state index in [1.165, 1.54) is 17.8 Å². The molecule has 2 aromatic carbocycles. The van der Waals surface area contributed by atoms with Crippen LogP contribution in [-0.4, -0.2) is 21.7 Å². The molecule has 0 aliphatic heterocycles. The number of carbonyl (C=O) groups excluding carboxylic acids is 1. The summed E-state index contributed by atoms with van der Waals surface area (Å²) < 4.78 is 17.3. The Hall–Kier alpha value is -2.91. The van der Waals surface area contributed by atoms with Crippen molar-refractivity contribution in [3.05, 3.63) is 80.4 Å². The standard InChI is InChI=1S/C21H15BrN2O5S/c1-12-8-20(26)28-18-9-15(6-7-16(12)18)27-10-19-23-24-21(29-19)30-11-17(25)13-2-4-14(22)5-3-13/h2-9H,10-11H2,1H3. The summed E-state index contributed by atoms with van der Waals surface area (Å²) in [6.07, 6.45) is 0. The van der Waals surface area contributed by atoms with Gasteiger partial charge in [0.05, 0.1) is 5.75 Å². The predicted octanol–water partition coefficient (Wildman–Crippen LogP) is 4.80. The van der Waals surface area contributed by atoms with Crippen molar-refractivity contribution in [1.82, 2.24) is 10.2 Å². The first kappa shape index (κ1) is 20.4. The number of rotatable bonds is 7. The number of thioether (sulfide) groups is 1. The zero-order valence-electron chi connectivity index (χ0n) is 15.8. The highest BCUT2D eigenvalue weighted by molar-refractivity contribution is 9.10. The second-order valence-electron chi connectivity index (χ2n) is 6.38. The van der Waals surface area contributed by atoms with Gasteiger partial charge in [0.15, 0.2) is 12.4 Å². The van der Waals surface area contributed by atoms with Gasteiger partial charge in [0, 0.05) is 27.6 Å². The van der Waals surface area contributed by atoms with Gasteiger partial charge >= 0.3 is 5.63 Å². The van der Waals surface area contributed by atoms with Crippen molar-refractivity contribution >= 4 is 44.4 Å². The highest BCUT2D eigenvalue weighted by atomic mass is 79.9. The molecule has 0 radical (unpaired) electrons. The molecule has 9 heteroatoms. The summed E-state index contributed by atoms with van der Waals surface area (Å²) in [7, 11) is 0. The lowest BCUT2D eigenvalue weighted by atomic mass is 10.1. The SMILES string of the molecule is Cc1cc(=O)oc2cc(OCc3nnc(SCC(=O)c4ccc(Br)cc4)o3)ccc12. The highest BCUT2D eigenvalue weighted by Gasteiger charge is 2.12. The van der Waals surface area contributed by atoms with Crippen LogP contribution in [0.3, 0.4) is 0 Å². The molecule has 0 N–H and O–H groups in total. The van der Waals surface area contributed by atoms with Crippen molar-refractivity contribution in [2.24, 2.45) is 0 Å². The van der Waals surface area contributed by atoms with Crippen LogP contribution in [0.2, 0.25) is 0 Å². The van der Waals surface area contributed by atoms with Gasteiger partial charge in [-0.3, -0.25) is 4.79 Å². The largest absolute Gasteiger partial charge is 0.484 e. The van der Waals surface area contributed by atoms with E-state index in [0.717, 1.165) is 15.4 Å². The zero-order chi connectivity index (χ0) is 21.1. The Balaban J connectivity index is 1.35. The Morgan fingerprint density at radius 3 is 2.70 bits per heavy atom. The molecule has 0 bridgehead atoms. The number of aromatic nitrogens is 2. The second-order valence-corrected chi connectivity index (χ2v) is 8.22. The van der Waals surface area contributed by atoms with Gasteiger partial charge in [-0.25, -0.2) is 4.79 Å². The lowest BCUT2D eigenvalue weighted by Gasteiger charge is -2.05. The maximum atomic E-state index is 12.2. The molecule has 0 aliphatic rings. The number of fused-ring (bicyclic) bond motifs is 1. The highest BCUT2D eigenvalue weighted by Crippen LogP contribution is 2.24. The third-order valence-electron chi connectivity index (χ3n) is 4.23.